The quantitative estimate of drug-likeness (QED) is 0.652. The SMILES string of the molecule is C[S+]([O-])c1c(Cl)cccc1Cl. The maximum atomic E-state index is 11.0. The Morgan fingerprint density at radius 3 is 2.00 bits per heavy atom. The lowest BCUT2D eigenvalue weighted by molar-refractivity contribution is 0.601. The van der Waals surface area contributed by atoms with Crippen LogP contribution in [-0.4, -0.2) is 10.8 Å². The summed E-state index contributed by atoms with van der Waals surface area (Å²) in [5.41, 5.74) is 0. The third-order valence-corrected chi connectivity index (χ3v) is 3.08. The second-order valence-corrected chi connectivity index (χ2v) is 4.14. The van der Waals surface area contributed by atoms with Crippen LogP contribution in [0.4, 0.5) is 0 Å². The molecule has 0 aliphatic rings. The Kier molecular flexibility index (Phi) is 3.07. The average Bonchev–Trinajstić information content (AvgIpc) is 1.85. The van der Waals surface area contributed by atoms with E-state index in [4.69, 9.17) is 23.2 Å². The summed E-state index contributed by atoms with van der Waals surface area (Å²) in [7, 11) is 0. The molecule has 0 fully saturated rings. The molecule has 1 aromatic rings. The van der Waals surface area contributed by atoms with E-state index < -0.39 is 11.2 Å². The highest BCUT2D eigenvalue weighted by molar-refractivity contribution is 7.91. The maximum Gasteiger partial charge on any atom is 0.189 e. The molecular weight excluding hydrogens is 203 g/mol. The van der Waals surface area contributed by atoms with Gasteiger partial charge in [-0.2, -0.15) is 0 Å². The summed E-state index contributed by atoms with van der Waals surface area (Å²) in [6, 6.07) is 5.06. The van der Waals surface area contributed by atoms with E-state index in [0.717, 1.165) is 0 Å². The van der Waals surface area contributed by atoms with Gasteiger partial charge in [0, 0.05) is 0 Å². The van der Waals surface area contributed by atoms with E-state index in [1.165, 1.54) is 0 Å². The van der Waals surface area contributed by atoms with E-state index in [1.54, 1.807) is 24.5 Å². The minimum Gasteiger partial charge on any atom is -0.612 e. The van der Waals surface area contributed by atoms with Gasteiger partial charge in [-0.05, 0) is 23.3 Å². The van der Waals surface area contributed by atoms with E-state index in [2.05, 4.69) is 0 Å². The predicted molar refractivity (Wildman–Crippen MR) is 48.8 cm³/mol. The lowest BCUT2D eigenvalue weighted by Crippen LogP contribution is -1.98. The van der Waals surface area contributed by atoms with Gasteiger partial charge < -0.3 is 4.55 Å². The molecule has 4 heteroatoms. The molecule has 0 saturated carbocycles. The molecule has 0 aromatic heterocycles. The highest BCUT2D eigenvalue weighted by Crippen LogP contribution is 2.28. The molecule has 1 aromatic carbocycles. The van der Waals surface area contributed by atoms with Gasteiger partial charge in [-0.1, -0.05) is 29.3 Å². The van der Waals surface area contributed by atoms with Crippen LogP contribution in [0.25, 0.3) is 0 Å². The fourth-order valence-electron chi connectivity index (χ4n) is 0.757. The summed E-state index contributed by atoms with van der Waals surface area (Å²) >= 11 is 10.4. The molecule has 1 unspecified atom stereocenters. The van der Waals surface area contributed by atoms with E-state index in [9.17, 15) is 4.55 Å². The molecule has 0 spiro atoms. The summed E-state index contributed by atoms with van der Waals surface area (Å²) in [5.74, 6) is 0. The van der Waals surface area contributed by atoms with Gasteiger partial charge in [-0.3, -0.25) is 0 Å². The summed E-state index contributed by atoms with van der Waals surface area (Å²) in [6.07, 6.45) is 1.55. The molecule has 0 N–H and O–H groups in total. The zero-order valence-electron chi connectivity index (χ0n) is 5.80. The van der Waals surface area contributed by atoms with Crippen molar-refractivity contribution in [2.75, 3.05) is 6.26 Å². The molecule has 0 radical (unpaired) electrons. The largest absolute Gasteiger partial charge is 0.612 e. The smallest absolute Gasteiger partial charge is 0.189 e. The van der Waals surface area contributed by atoms with Crippen LogP contribution in [0.3, 0.4) is 0 Å². The normalized spacial score (nSPS) is 13.1. The first-order chi connectivity index (χ1) is 5.13. The second-order valence-electron chi connectivity index (χ2n) is 2.00. The van der Waals surface area contributed by atoms with Gasteiger partial charge in [0.25, 0.3) is 0 Å². The average molecular weight is 209 g/mol. The zero-order valence-corrected chi connectivity index (χ0v) is 8.13. The van der Waals surface area contributed by atoms with Crippen molar-refractivity contribution >= 4 is 34.4 Å². The van der Waals surface area contributed by atoms with E-state index in [-0.39, 0.29) is 0 Å². The third-order valence-electron chi connectivity index (χ3n) is 1.21. The number of halogens is 2. The van der Waals surface area contributed by atoms with Gasteiger partial charge in [-0.15, -0.1) is 0 Å². The van der Waals surface area contributed by atoms with Crippen LogP contribution in [0.15, 0.2) is 23.1 Å². The summed E-state index contributed by atoms with van der Waals surface area (Å²) in [4.78, 5) is 0.510. The van der Waals surface area contributed by atoms with Crippen molar-refractivity contribution in [3.63, 3.8) is 0 Å². The Morgan fingerprint density at radius 2 is 1.73 bits per heavy atom. The van der Waals surface area contributed by atoms with E-state index in [0.29, 0.717) is 14.9 Å². The molecule has 11 heavy (non-hydrogen) atoms. The number of benzene rings is 1. The van der Waals surface area contributed by atoms with Crippen molar-refractivity contribution in [1.82, 2.24) is 0 Å². The fourth-order valence-corrected chi connectivity index (χ4v) is 2.49. The highest BCUT2D eigenvalue weighted by Gasteiger charge is 2.13. The lowest BCUT2D eigenvalue weighted by Gasteiger charge is -2.06. The number of rotatable bonds is 1. The number of hydrogen-bond donors (Lipinski definition) is 0. The van der Waals surface area contributed by atoms with Crippen LogP contribution in [0, 0.1) is 0 Å². The molecule has 0 bridgehead atoms. The van der Waals surface area contributed by atoms with Crippen molar-refractivity contribution in [2.45, 2.75) is 4.90 Å². The van der Waals surface area contributed by atoms with Crippen LogP contribution < -0.4 is 0 Å². The van der Waals surface area contributed by atoms with Gasteiger partial charge in [0.05, 0.1) is 10.0 Å². The Hall–Kier alpha value is 0.110. The van der Waals surface area contributed by atoms with Crippen molar-refractivity contribution < 1.29 is 4.55 Å². The molecular formula is C7H6Cl2OS. The van der Waals surface area contributed by atoms with Gasteiger partial charge in [-0.25, -0.2) is 0 Å². The molecule has 1 nitrogen and oxygen atoms in total. The van der Waals surface area contributed by atoms with Crippen LogP contribution in [-0.2, 0) is 11.2 Å². The van der Waals surface area contributed by atoms with Crippen molar-refractivity contribution in [1.29, 1.82) is 0 Å². The summed E-state index contributed by atoms with van der Waals surface area (Å²) in [6.45, 7) is 0. The minimum atomic E-state index is -1.12. The van der Waals surface area contributed by atoms with Crippen LogP contribution in [0.1, 0.15) is 0 Å². The Bertz CT molecular complexity index is 242. The maximum absolute atomic E-state index is 11.0. The fraction of sp³-hybridized carbons (Fsp3) is 0.143. The zero-order chi connectivity index (χ0) is 8.43. The lowest BCUT2D eigenvalue weighted by atomic mass is 10.4. The molecule has 60 valence electrons. The highest BCUT2D eigenvalue weighted by atomic mass is 35.5. The van der Waals surface area contributed by atoms with E-state index in [1.807, 2.05) is 0 Å². The molecule has 0 saturated heterocycles. The third kappa shape index (κ3) is 2.03. The van der Waals surface area contributed by atoms with Crippen molar-refractivity contribution in [3.05, 3.63) is 28.2 Å². The Morgan fingerprint density at radius 1 is 1.27 bits per heavy atom. The van der Waals surface area contributed by atoms with Crippen LogP contribution >= 0.6 is 23.2 Å². The first kappa shape index (κ1) is 9.20. The van der Waals surface area contributed by atoms with Crippen LogP contribution in [0.2, 0.25) is 10.0 Å². The van der Waals surface area contributed by atoms with Crippen LogP contribution in [0.5, 0.6) is 0 Å². The van der Waals surface area contributed by atoms with Gasteiger partial charge in [0.2, 0.25) is 0 Å². The Labute approximate surface area is 78.5 Å². The molecule has 1 atom stereocenters. The second kappa shape index (κ2) is 3.68. The summed E-state index contributed by atoms with van der Waals surface area (Å²) in [5, 5.41) is 0.914. The van der Waals surface area contributed by atoms with Crippen molar-refractivity contribution in [2.24, 2.45) is 0 Å². The molecule has 0 heterocycles. The van der Waals surface area contributed by atoms with Gasteiger partial charge >= 0.3 is 0 Å². The molecule has 0 aliphatic carbocycles. The molecule has 0 amide bonds. The molecule has 1 rings (SSSR count). The standard InChI is InChI=1S/C7H6Cl2OS/c1-11(10)7-5(8)3-2-4-6(7)9/h2-4H,1H3. The summed E-state index contributed by atoms with van der Waals surface area (Å²) < 4.78 is 11.0. The topological polar surface area (TPSA) is 23.1 Å². The monoisotopic (exact) mass is 208 g/mol. The van der Waals surface area contributed by atoms with Gasteiger partial charge in [0.1, 0.15) is 6.26 Å². The van der Waals surface area contributed by atoms with E-state index >= 15 is 0 Å². The first-order valence-electron chi connectivity index (χ1n) is 2.90. The van der Waals surface area contributed by atoms with Crippen molar-refractivity contribution in [3.8, 4) is 0 Å². The predicted octanol–water partition coefficient (Wildman–Crippen LogP) is 2.73. The van der Waals surface area contributed by atoms with Gasteiger partial charge in [0.15, 0.2) is 4.90 Å². The first-order valence-corrected chi connectivity index (χ1v) is 5.22. The Balaban J connectivity index is 3.21. The number of hydrogen-bond acceptors (Lipinski definition) is 1. The minimum absolute atomic E-state index is 0.457. The molecule has 0 aliphatic heterocycles.